The summed E-state index contributed by atoms with van der Waals surface area (Å²) in [7, 11) is 0. The predicted molar refractivity (Wildman–Crippen MR) is 124 cm³/mol. The zero-order valence-electron chi connectivity index (χ0n) is 17.7. The minimum Gasteiger partial charge on any atom is -0.354 e. The summed E-state index contributed by atoms with van der Waals surface area (Å²) in [5.74, 6) is -0.212. The van der Waals surface area contributed by atoms with Gasteiger partial charge >= 0.3 is 0 Å². The number of carbonyl (C=O) groups excluding carboxylic acids is 2. The molecule has 0 aliphatic rings. The molecule has 0 aliphatic heterocycles. The number of halogens is 2. The highest BCUT2D eigenvalue weighted by molar-refractivity contribution is 6.31. The van der Waals surface area contributed by atoms with E-state index in [0.717, 1.165) is 24.0 Å². The summed E-state index contributed by atoms with van der Waals surface area (Å²) >= 11 is 12.6. The fraction of sp³-hybridized carbons (Fsp3) is 0.417. The van der Waals surface area contributed by atoms with Crippen molar-refractivity contribution in [3.05, 3.63) is 69.7 Å². The van der Waals surface area contributed by atoms with Gasteiger partial charge in [-0.15, -0.1) is 0 Å². The first-order valence-electron chi connectivity index (χ1n) is 10.5. The van der Waals surface area contributed by atoms with Crippen molar-refractivity contribution in [3.8, 4) is 0 Å². The molecule has 30 heavy (non-hydrogen) atoms. The molecule has 6 heteroatoms. The zero-order chi connectivity index (χ0) is 21.9. The van der Waals surface area contributed by atoms with Crippen LogP contribution in [-0.4, -0.2) is 29.3 Å². The number of unbranched alkanes of at least 4 members (excludes halogenated alkanes) is 1. The molecule has 2 aromatic rings. The minimum absolute atomic E-state index is 0.0904. The van der Waals surface area contributed by atoms with Crippen molar-refractivity contribution >= 4 is 35.0 Å². The van der Waals surface area contributed by atoms with Crippen LogP contribution in [0.1, 0.15) is 50.7 Å². The molecular formula is C24H30Cl2N2O2. The van der Waals surface area contributed by atoms with E-state index < -0.39 is 6.04 Å². The summed E-state index contributed by atoms with van der Waals surface area (Å²) in [5.41, 5.74) is 1.75. The Morgan fingerprint density at radius 1 is 0.967 bits per heavy atom. The molecule has 0 radical (unpaired) electrons. The molecule has 0 bridgehead atoms. The lowest BCUT2D eigenvalue weighted by atomic mass is 10.1. The van der Waals surface area contributed by atoms with E-state index in [0.29, 0.717) is 36.0 Å². The number of benzene rings is 2. The van der Waals surface area contributed by atoms with Crippen molar-refractivity contribution in [2.45, 2.75) is 58.5 Å². The van der Waals surface area contributed by atoms with E-state index in [2.05, 4.69) is 12.2 Å². The van der Waals surface area contributed by atoms with Crippen LogP contribution in [0, 0.1) is 0 Å². The molecule has 0 heterocycles. The molecule has 4 nitrogen and oxygen atoms in total. The average molecular weight is 449 g/mol. The minimum atomic E-state index is -0.545. The van der Waals surface area contributed by atoms with Crippen LogP contribution in [0.3, 0.4) is 0 Å². The molecule has 0 unspecified atom stereocenters. The van der Waals surface area contributed by atoms with Gasteiger partial charge < -0.3 is 10.2 Å². The number of nitrogens with one attached hydrogen (secondary N) is 1. The first-order chi connectivity index (χ1) is 14.5. The Kier molecular flexibility index (Phi) is 10.2. The maximum atomic E-state index is 13.2. The highest BCUT2D eigenvalue weighted by Crippen LogP contribution is 2.22. The third-order valence-electron chi connectivity index (χ3n) is 5.08. The smallest absolute Gasteiger partial charge is 0.242 e. The lowest BCUT2D eigenvalue weighted by molar-refractivity contribution is -0.141. The number of rotatable bonds is 11. The van der Waals surface area contributed by atoms with Crippen LogP contribution in [0.2, 0.25) is 10.0 Å². The largest absolute Gasteiger partial charge is 0.354 e. The van der Waals surface area contributed by atoms with Gasteiger partial charge in [-0.25, -0.2) is 0 Å². The Labute approximate surface area is 189 Å². The topological polar surface area (TPSA) is 49.4 Å². The molecule has 1 atom stereocenters. The quantitative estimate of drug-likeness (QED) is 0.451. The predicted octanol–water partition coefficient (Wildman–Crippen LogP) is 5.65. The molecule has 0 saturated heterocycles. The Bertz CT molecular complexity index is 841. The molecule has 2 rings (SSSR count). The van der Waals surface area contributed by atoms with E-state index in [9.17, 15) is 9.59 Å². The van der Waals surface area contributed by atoms with Crippen molar-refractivity contribution in [2.24, 2.45) is 0 Å². The van der Waals surface area contributed by atoms with E-state index >= 15 is 0 Å². The first-order valence-corrected chi connectivity index (χ1v) is 11.3. The number of carbonyl (C=O) groups is 2. The summed E-state index contributed by atoms with van der Waals surface area (Å²) in [6, 6.07) is 14.4. The van der Waals surface area contributed by atoms with Crippen molar-refractivity contribution in [3.63, 3.8) is 0 Å². The van der Waals surface area contributed by atoms with Gasteiger partial charge in [-0.1, -0.05) is 79.9 Å². The highest BCUT2D eigenvalue weighted by atomic mass is 35.5. The zero-order valence-corrected chi connectivity index (χ0v) is 19.2. The summed E-state index contributed by atoms with van der Waals surface area (Å²) in [5, 5.41) is 4.20. The maximum Gasteiger partial charge on any atom is 0.242 e. The normalized spacial score (nSPS) is 11.7. The lowest BCUT2D eigenvalue weighted by Crippen LogP contribution is -2.49. The van der Waals surface area contributed by atoms with Gasteiger partial charge in [0.25, 0.3) is 0 Å². The molecule has 2 amide bonds. The van der Waals surface area contributed by atoms with E-state index in [1.165, 1.54) is 0 Å². The fourth-order valence-corrected chi connectivity index (χ4v) is 3.75. The van der Waals surface area contributed by atoms with E-state index in [1.54, 1.807) is 11.0 Å². The van der Waals surface area contributed by atoms with Crippen molar-refractivity contribution < 1.29 is 9.59 Å². The van der Waals surface area contributed by atoms with Crippen LogP contribution in [0.25, 0.3) is 0 Å². The van der Waals surface area contributed by atoms with Crippen LogP contribution in [0.5, 0.6) is 0 Å². The maximum absolute atomic E-state index is 13.2. The van der Waals surface area contributed by atoms with Gasteiger partial charge in [-0.2, -0.15) is 0 Å². The van der Waals surface area contributed by atoms with Gasteiger partial charge in [0.1, 0.15) is 6.04 Å². The standard InChI is InChI=1S/C24H30Cl2N2O2/c1-3-5-16-27-24(30)22(4-2)28(17-19-11-7-9-13-21(19)26)23(29)15-14-18-10-6-8-12-20(18)25/h6-13,22H,3-5,14-17H2,1-2H3,(H,27,30)/t22-/m0/s1. The van der Waals surface area contributed by atoms with Gasteiger partial charge in [0.05, 0.1) is 0 Å². The molecule has 0 fully saturated rings. The molecule has 2 aromatic carbocycles. The Morgan fingerprint density at radius 2 is 1.57 bits per heavy atom. The molecular weight excluding hydrogens is 419 g/mol. The highest BCUT2D eigenvalue weighted by Gasteiger charge is 2.28. The first kappa shape index (κ1) is 24.2. The third kappa shape index (κ3) is 7.03. The van der Waals surface area contributed by atoms with Gasteiger partial charge in [0.2, 0.25) is 11.8 Å². The Balaban J connectivity index is 2.20. The summed E-state index contributed by atoms with van der Waals surface area (Å²) in [6.07, 6.45) is 3.23. The molecule has 162 valence electrons. The molecule has 0 aromatic heterocycles. The third-order valence-corrected chi connectivity index (χ3v) is 5.82. The second-order valence-corrected chi connectivity index (χ2v) is 8.09. The van der Waals surface area contributed by atoms with E-state index in [1.807, 2.05) is 49.4 Å². The van der Waals surface area contributed by atoms with Gasteiger partial charge in [-0.05, 0) is 42.5 Å². The van der Waals surface area contributed by atoms with Crippen molar-refractivity contribution in [1.29, 1.82) is 0 Å². The van der Waals surface area contributed by atoms with E-state index in [4.69, 9.17) is 23.2 Å². The van der Waals surface area contributed by atoms with Crippen LogP contribution >= 0.6 is 23.2 Å². The molecule has 1 N–H and O–H groups in total. The van der Waals surface area contributed by atoms with Crippen molar-refractivity contribution in [2.75, 3.05) is 6.54 Å². The number of hydrogen-bond donors (Lipinski definition) is 1. The second kappa shape index (κ2) is 12.6. The molecule has 0 saturated carbocycles. The fourth-order valence-electron chi connectivity index (χ4n) is 3.32. The summed E-state index contributed by atoms with van der Waals surface area (Å²) in [6.45, 7) is 4.90. The Hall–Kier alpha value is -2.04. The van der Waals surface area contributed by atoms with Gasteiger partial charge in [0, 0.05) is 29.6 Å². The van der Waals surface area contributed by atoms with Crippen LogP contribution in [-0.2, 0) is 22.6 Å². The number of amides is 2. The number of aryl methyl sites for hydroxylation is 1. The molecule has 0 aliphatic carbocycles. The summed E-state index contributed by atoms with van der Waals surface area (Å²) in [4.78, 5) is 27.7. The summed E-state index contributed by atoms with van der Waals surface area (Å²) < 4.78 is 0. The van der Waals surface area contributed by atoms with Crippen molar-refractivity contribution in [1.82, 2.24) is 10.2 Å². The van der Waals surface area contributed by atoms with E-state index in [-0.39, 0.29) is 18.2 Å². The Morgan fingerprint density at radius 3 is 2.13 bits per heavy atom. The van der Waals surface area contributed by atoms with Gasteiger partial charge in [-0.3, -0.25) is 9.59 Å². The van der Waals surface area contributed by atoms with Crippen LogP contribution in [0.4, 0.5) is 0 Å². The second-order valence-electron chi connectivity index (χ2n) is 7.27. The van der Waals surface area contributed by atoms with Gasteiger partial charge in [0.15, 0.2) is 0 Å². The number of hydrogen-bond acceptors (Lipinski definition) is 2. The monoisotopic (exact) mass is 448 g/mol. The van der Waals surface area contributed by atoms with Crippen LogP contribution < -0.4 is 5.32 Å². The van der Waals surface area contributed by atoms with Crippen LogP contribution in [0.15, 0.2) is 48.5 Å². The molecule has 0 spiro atoms. The lowest BCUT2D eigenvalue weighted by Gasteiger charge is -2.31. The number of nitrogens with zero attached hydrogens (tertiary/aromatic N) is 1. The SMILES string of the molecule is CCCCNC(=O)[C@H](CC)N(Cc1ccccc1Cl)C(=O)CCc1ccccc1Cl. The average Bonchev–Trinajstić information content (AvgIpc) is 2.74.